The maximum atomic E-state index is 12.6. The van der Waals surface area contributed by atoms with Crippen molar-refractivity contribution >= 4 is 54.4 Å². The first-order valence-corrected chi connectivity index (χ1v) is 12.2. The quantitative estimate of drug-likeness (QED) is 0.438. The number of amides is 1. The summed E-state index contributed by atoms with van der Waals surface area (Å²) in [5.74, 6) is -0.488. The highest BCUT2D eigenvalue weighted by molar-refractivity contribution is 8.82. The molecule has 1 rings (SSSR count). The molecule has 25 heavy (non-hydrogen) atoms. The maximum Gasteiger partial charge on any atom is 0.334 e. The van der Waals surface area contributed by atoms with Crippen LogP contribution in [0.15, 0.2) is 0 Å². The van der Waals surface area contributed by atoms with Gasteiger partial charge in [0.25, 0.3) is 5.24 Å². The summed E-state index contributed by atoms with van der Waals surface area (Å²) >= 11 is 0. The molecule has 142 valence electrons. The van der Waals surface area contributed by atoms with Crippen LogP contribution in [-0.4, -0.2) is 50.0 Å². The predicted molar refractivity (Wildman–Crippen MR) is 111 cm³/mol. The summed E-state index contributed by atoms with van der Waals surface area (Å²) in [6, 6.07) is 1.81. The second-order valence-corrected chi connectivity index (χ2v) is 13.9. The van der Waals surface area contributed by atoms with Crippen molar-refractivity contribution in [1.29, 1.82) is 5.26 Å². The van der Waals surface area contributed by atoms with Crippen LogP contribution in [0.3, 0.4) is 0 Å². The monoisotopic (exact) mass is 422 g/mol. The second kappa shape index (κ2) is 8.68. The number of likely N-dealkylation sites (N-methyl/N-ethyl adjacent to an activating group) is 1. The summed E-state index contributed by atoms with van der Waals surface area (Å²) in [7, 11) is 7.56. The zero-order valence-electron chi connectivity index (χ0n) is 15.7. The van der Waals surface area contributed by atoms with Gasteiger partial charge >= 0.3 is 5.97 Å². The van der Waals surface area contributed by atoms with E-state index in [0.29, 0.717) is 6.42 Å². The van der Waals surface area contributed by atoms with E-state index in [4.69, 9.17) is 10.00 Å². The largest absolute Gasteiger partial charge is 0.448 e. The standard InChI is InChI=1S/C16H26N2O3S4/c1-14(2,3)24-22-11-10-16(11,12(19)21-9-8-17)18(7)13(20)23-25-15(4,5)6/h11H,9-10H2,1-7H3/t11?,16-/m1/s1. The zero-order chi connectivity index (χ0) is 19.5. The lowest BCUT2D eigenvalue weighted by Gasteiger charge is -2.28. The molecule has 0 bridgehead atoms. The van der Waals surface area contributed by atoms with E-state index in [1.54, 1.807) is 28.6 Å². The molecule has 0 spiro atoms. The third kappa shape index (κ3) is 6.81. The Balaban J connectivity index is 2.84. The highest BCUT2D eigenvalue weighted by Gasteiger charge is 2.66. The molecule has 1 saturated carbocycles. The molecule has 0 aromatic rings. The minimum Gasteiger partial charge on any atom is -0.448 e. The fraction of sp³-hybridized carbons (Fsp3) is 0.812. The number of hydrogen-bond acceptors (Lipinski definition) is 8. The van der Waals surface area contributed by atoms with Crippen LogP contribution in [0.5, 0.6) is 0 Å². The Morgan fingerprint density at radius 3 is 2.24 bits per heavy atom. The van der Waals surface area contributed by atoms with E-state index in [-0.39, 0.29) is 26.6 Å². The van der Waals surface area contributed by atoms with E-state index in [1.165, 1.54) is 15.7 Å². The highest BCUT2D eigenvalue weighted by Crippen LogP contribution is 2.57. The van der Waals surface area contributed by atoms with Crippen molar-refractivity contribution in [3.8, 4) is 6.07 Å². The molecule has 0 aromatic heterocycles. The van der Waals surface area contributed by atoms with E-state index < -0.39 is 11.5 Å². The summed E-state index contributed by atoms with van der Waals surface area (Å²) in [6.45, 7) is 12.1. The fourth-order valence-corrected chi connectivity index (χ4v) is 6.78. The predicted octanol–water partition coefficient (Wildman–Crippen LogP) is 4.98. The second-order valence-electron chi connectivity index (χ2n) is 7.75. The topological polar surface area (TPSA) is 70.4 Å². The van der Waals surface area contributed by atoms with Gasteiger partial charge in [-0.3, -0.25) is 4.79 Å². The molecular weight excluding hydrogens is 396 g/mol. The van der Waals surface area contributed by atoms with Gasteiger partial charge in [0.2, 0.25) is 0 Å². The van der Waals surface area contributed by atoms with Gasteiger partial charge in [-0.2, -0.15) is 5.26 Å². The molecule has 5 nitrogen and oxygen atoms in total. The van der Waals surface area contributed by atoms with Crippen molar-refractivity contribution in [3.63, 3.8) is 0 Å². The Morgan fingerprint density at radius 1 is 1.20 bits per heavy atom. The van der Waals surface area contributed by atoms with Gasteiger partial charge in [0.15, 0.2) is 12.1 Å². The number of nitriles is 1. The van der Waals surface area contributed by atoms with Crippen molar-refractivity contribution in [1.82, 2.24) is 4.90 Å². The molecular formula is C16H26N2O3S4. The van der Waals surface area contributed by atoms with Crippen LogP contribution in [-0.2, 0) is 9.53 Å². The highest BCUT2D eigenvalue weighted by atomic mass is 33.1. The summed E-state index contributed by atoms with van der Waals surface area (Å²) in [5.41, 5.74) is -0.970. The normalized spacial score (nSPS) is 22.9. The van der Waals surface area contributed by atoms with E-state index in [0.717, 1.165) is 10.8 Å². The van der Waals surface area contributed by atoms with Gasteiger partial charge in [-0.1, -0.05) is 73.9 Å². The molecule has 1 amide bonds. The van der Waals surface area contributed by atoms with Gasteiger partial charge in [0, 0.05) is 27.3 Å². The van der Waals surface area contributed by atoms with Gasteiger partial charge < -0.3 is 9.64 Å². The van der Waals surface area contributed by atoms with E-state index in [1.807, 2.05) is 26.8 Å². The van der Waals surface area contributed by atoms with Crippen molar-refractivity contribution < 1.29 is 14.3 Å². The van der Waals surface area contributed by atoms with Gasteiger partial charge in [-0.25, -0.2) is 4.79 Å². The van der Waals surface area contributed by atoms with Crippen molar-refractivity contribution in [2.75, 3.05) is 13.7 Å². The minimum atomic E-state index is -0.970. The molecule has 0 radical (unpaired) electrons. The molecule has 0 heterocycles. The SMILES string of the molecule is CN(C(=O)SSC(C)(C)C)[C@]1(C(=O)OCC#N)CC1SSC(C)(C)C. The van der Waals surface area contributed by atoms with E-state index in [2.05, 4.69) is 20.8 Å². The summed E-state index contributed by atoms with van der Waals surface area (Å²) in [4.78, 5) is 26.6. The van der Waals surface area contributed by atoms with Crippen molar-refractivity contribution in [2.24, 2.45) is 0 Å². The number of hydrogen-bond donors (Lipinski definition) is 0. The van der Waals surface area contributed by atoms with Crippen molar-refractivity contribution in [2.45, 2.75) is 68.2 Å². The maximum absolute atomic E-state index is 12.6. The summed E-state index contributed by atoms with van der Waals surface area (Å²) in [5, 5.41) is 8.47. The smallest absolute Gasteiger partial charge is 0.334 e. The minimum absolute atomic E-state index is 0.0305. The Hall–Kier alpha value is -0.170. The lowest BCUT2D eigenvalue weighted by molar-refractivity contribution is -0.148. The fourth-order valence-electron chi connectivity index (χ4n) is 1.85. The van der Waals surface area contributed by atoms with E-state index >= 15 is 0 Å². The molecule has 0 N–H and O–H groups in total. The molecule has 1 fully saturated rings. The van der Waals surface area contributed by atoms with Crippen LogP contribution < -0.4 is 0 Å². The molecule has 0 aromatic carbocycles. The van der Waals surface area contributed by atoms with Crippen LogP contribution in [0.2, 0.25) is 0 Å². The Labute approximate surface area is 166 Å². The van der Waals surface area contributed by atoms with Crippen molar-refractivity contribution in [3.05, 3.63) is 0 Å². The molecule has 2 atom stereocenters. The van der Waals surface area contributed by atoms with Crippen LogP contribution in [0.4, 0.5) is 4.79 Å². The first-order valence-electron chi connectivity index (χ1n) is 7.85. The molecule has 1 aliphatic carbocycles. The summed E-state index contributed by atoms with van der Waals surface area (Å²) < 4.78 is 5.06. The molecule has 9 heteroatoms. The third-order valence-electron chi connectivity index (χ3n) is 3.14. The lowest BCUT2D eigenvalue weighted by Crippen LogP contribution is -2.46. The number of rotatable bonds is 6. The van der Waals surface area contributed by atoms with Crippen LogP contribution in [0.25, 0.3) is 0 Å². The average molecular weight is 423 g/mol. The number of carbonyl (C=O) groups excluding carboxylic acids is 2. The Kier molecular flexibility index (Phi) is 7.94. The Bertz CT molecular complexity index is 551. The molecule has 0 saturated heterocycles. The molecule has 1 aliphatic rings. The number of ether oxygens (including phenoxy) is 1. The van der Waals surface area contributed by atoms with Gasteiger partial charge in [-0.15, -0.1) is 0 Å². The third-order valence-corrected chi connectivity index (χ3v) is 10.2. The van der Waals surface area contributed by atoms with Gasteiger partial charge in [-0.05, 0) is 6.42 Å². The number of esters is 1. The first kappa shape index (κ1) is 22.9. The molecule has 0 aliphatic heterocycles. The van der Waals surface area contributed by atoms with Gasteiger partial charge in [0.1, 0.15) is 6.07 Å². The average Bonchev–Trinajstić information content (AvgIpc) is 3.21. The van der Waals surface area contributed by atoms with Gasteiger partial charge in [0.05, 0.1) is 5.25 Å². The van der Waals surface area contributed by atoms with Crippen LogP contribution in [0, 0.1) is 11.3 Å². The number of carbonyl (C=O) groups is 2. The number of nitrogens with zero attached hydrogens (tertiary/aromatic N) is 2. The van der Waals surface area contributed by atoms with Crippen LogP contribution >= 0.6 is 43.2 Å². The van der Waals surface area contributed by atoms with Crippen LogP contribution in [0.1, 0.15) is 48.0 Å². The summed E-state index contributed by atoms with van der Waals surface area (Å²) in [6.07, 6.45) is 0.550. The molecule has 1 unspecified atom stereocenters. The lowest BCUT2D eigenvalue weighted by atomic mass is 10.2. The zero-order valence-corrected chi connectivity index (χ0v) is 19.0. The Morgan fingerprint density at radius 2 is 1.76 bits per heavy atom. The van der Waals surface area contributed by atoms with E-state index in [9.17, 15) is 9.59 Å². The first-order chi connectivity index (χ1) is 11.3.